The standard InChI is InChI=1S/C14H27NO4/c1-4-19-13(16)14(2,15-3)7-10-18-11-12-5-8-17-9-6-12/h12,15H,4-11H2,1-3H3. The zero-order valence-corrected chi connectivity index (χ0v) is 12.4. The van der Waals surface area contributed by atoms with Crippen LogP contribution < -0.4 is 5.32 Å². The van der Waals surface area contributed by atoms with Gasteiger partial charge in [0.2, 0.25) is 0 Å². The van der Waals surface area contributed by atoms with Crippen LogP contribution in [0.2, 0.25) is 0 Å². The van der Waals surface area contributed by atoms with E-state index >= 15 is 0 Å². The monoisotopic (exact) mass is 273 g/mol. The van der Waals surface area contributed by atoms with E-state index in [1.54, 1.807) is 7.05 Å². The van der Waals surface area contributed by atoms with Crippen molar-refractivity contribution in [2.45, 2.75) is 38.6 Å². The molecule has 112 valence electrons. The van der Waals surface area contributed by atoms with E-state index in [-0.39, 0.29) is 5.97 Å². The van der Waals surface area contributed by atoms with E-state index in [9.17, 15) is 4.79 Å². The minimum atomic E-state index is -0.661. The summed E-state index contributed by atoms with van der Waals surface area (Å²) in [6.07, 6.45) is 2.76. The third-order valence-electron chi connectivity index (χ3n) is 3.72. The summed E-state index contributed by atoms with van der Waals surface area (Å²) in [7, 11) is 1.77. The summed E-state index contributed by atoms with van der Waals surface area (Å²) in [5, 5.41) is 3.03. The summed E-state index contributed by atoms with van der Waals surface area (Å²) >= 11 is 0. The molecule has 1 aliphatic rings. The van der Waals surface area contributed by atoms with E-state index in [1.807, 2.05) is 13.8 Å². The van der Waals surface area contributed by atoms with Gasteiger partial charge in [0.25, 0.3) is 0 Å². The number of nitrogens with one attached hydrogen (secondary N) is 1. The average molecular weight is 273 g/mol. The predicted molar refractivity (Wildman–Crippen MR) is 73.1 cm³/mol. The Morgan fingerprint density at radius 3 is 2.68 bits per heavy atom. The maximum Gasteiger partial charge on any atom is 0.326 e. The van der Waals surface area contributed by atoms with E-state index in [0.717, 1.165) is 32.7 Å². The summed E-state index contributed by atoms with van der Waals surface area (Å²) in [6.45, 7) is 7.06. The number of carbonyl (C=O) groups is 1. The third kappa shape index (κ3) is 5.47. The zero-order valence-electron chi connectivity index (χ0n) is 12.4. The summed E-state index contributed by atoms with van der Waals surface area (Å²) in [4.78, 5) is 11.8. The summed E-state index contributed by atoms with van der Waals surface area (Å²) in [5.41, 5.74) is -0.661. The fourth-order valence-corrected chi connectivity index (χ4v) is 2.06. The molecule has 0 radical (unpaired) electrons. The number of likely N-dealkylation sites (N-methyl/N-ethyl adjacent to an activating group) is 1. The zero-order chi connectivity index (χ0) is 14.1. The van der Waals surface area contributed by atoms with Crippen LogP contribution in [0.15, 0.2) is 0 Å². The Bertz CT molecular complexity index is 266. The van der Waals surface area contributed by atoms with Crippen molar-refractivity contribution in [2.75, 3.05) is 40.1 Å². The first-order valence-electron chi connectivity index (χ1n) is 7.14. The topological polar surface area (TPSA) is 56.8 Å². The highest BCUT2D eigenvalue weighted by atomic mass is 16.5. The van der Waals surface area contributed by atoms with Gasteiger partial charge in [-0.3, -0.25) is 4.79 Å². The first kappa shape index (κ1) is 16.4. The highest BCUT2D eigenvalue weighted by Crippen LogP contribution is 2.16. The molecule has 0 bridgehead atoms. The van der Waals surface area contributed by atoms with Crippen LogP contribution in [0.3, 0.4) is 0 Å². The molecule has 0 aliphatic carbocycles. The number of hydrogen-bond donors (Lipinski definition) is 1. The Kier molecular flexibility index (Phi) is 7.34. The van der Waals surface area contributed by atoms with Gasteiger partial charge in [-0.05, 0) is 46.1 Å². The van der Waals surface area contributed by atoms with Gasteiger partial charge >= 0.3 is 5.97 Å². The largest absolute Gasteiger partial charge is 0.465 e. The van der Waals surface area contributed by atoms with Crippen LogP contribution in [0.1, 0.15) is 33.1 Å². The Hall–Kier alpha value is -0.650. The van der Waals surface area contributed by atoms with Gasteiger partial charge in [0, 0.05) is 26.4 Å². The van der Waals surface area contributed by atoms with Gasteiger partial charge in [-0.2, -0.15) is 0 Å². The Balaban J connectivity index is 2.23. The molecule has 1 saturated heterocycles. The minimum Gasteiger partial charge on any atom is -0.465 e. The van der Waals surface area contributed by atoms with Crippen molar-refractivity contribution < 1.29 is 19.0 Å². The van der Waals surface area contributed by atoms with Crippen LogP contribution in [0.4, 0.5) is 0 Å². The molecule has 1 rings (SSSR count). The molecule has 0 aromatic heterocycles. The van der Waals surface area contributed by atoms with Crippen LogP contribution in [0.5, 0.6) is 0 Å². The van der Waals surface area contributed by atoms with Gasteiger partial charge in [-0.25, -0.2) is 0 Å². The van der Waals surface area contributed by atoms with Gasteiger partial charge in [0.1, 0.15) is 5.54 Å². The molecule has 1 unspecified atom stereocenters. The molecule has 0 saturated carbocycles. The lowest BCUT2D eigenvalue weighted by molar-refractivity contribution is -0.151. The minimum absolute atomic E-state index is 0.216. The van der Waals surface area contributed by atoms with Crippen molar-refractivity contribution in [3.8, 4) is 0 Å². The normalized spacial score (nSPS) is 19.9. The SMILES string of the molecule is CCOC(=O)C(C)(CCOCC1CCOCC1)NC. The first-order valence-corrected chi connectivity index (χ1v) is 7.14. The highest BCUT2D eigenvalue weighted by Gasteiger charge is 2.32. The molecule has 0 amide bonds. The molecule has 1 aliphatic heterocycles. The highest BCUT2D eigenvalue weighted by molar-refractivity contribution is 5.80. The van der Waals surface area contributed by atoms with Crippen molar-refractivity contribution >= 4 is 5.97 Å². The first-order chi connectivity index (χ1) is 9.12. The van der Waals surface area contributed by atoms with Crippen molar-refractivity contribution in [2.24, 2.45) is 5.92 Å². The second kappa shape index (κ2) is 8.51. The number of ether oxygens (including phenoxy) is 3. The molecule has 1 fully saturated rings. The summed E-state index contributed by atoms with van der Waals surface area (Å²) in [6, 6.07) is 0. The van der Waals surface area contributed by atoms with E-state index < -0.39 is 5.54 Å². The molecular formula is C14H27NO4. The van der Waals surface area contributed by atoms with E-state index in [4.69, 9.17) is 14.2 Å². The Morgan fingerprint density at radius 2 is 2.11 bits per heavy atom. The lowest BCUT2D eigenvalue weighted by Gasteiger charge is -2.27. The lowest BCUT2D eigenvalue weighted by atomic mass is 9.98. The van der Waals surface area contributed by atoms with E-state index in [0.29, 0.717) is 25.6 Å². The second-order valence-electron chi connectivity index (χ2n) is 5.18. The van der Waals surface area contributed by atoms with Gasteiger partial charge in [0.15, 0.2) is 0 Å². The molecule has 0 aromatic rings. The molecule has 19 heavy (non-hydrogen) atoms. The lowest BCUT2D eigenvalue weighted by Crippen LogP contribution is -2.49. The summed E-state index contributed by atoms with van der Waals surface area (Å²) < 4.78 is 16.1. The molecule has 5 nitrogen and oxygen atoms in total. The van der Waals surface area contributed by atoms with E-state index in [2.05, 4.69) is 5.32 Å². The number of carbonyl (C=O) groups excluding carboxylic acids is 1. The molecule has 1 N–H and O–H groups in total. The predicted octanol–water partition coefficient (Wildman–Crippen LogP) is 1.36. The quantitative estimate of drug-likeness (QED) is 0.534. The summed E-state index contributed by atoms with van der Waals surface area (Å²) in [5.74, 6) is 0.379. The van der Waals surface area contributed by atoms with Crippen molar-refractivity contribution in [1.29, 1.82) is 0 Å². The Morgan fingerprint density at radius 1 is 1.42 bits per heavy atom. The van der Waals surface area contributed by atoms with E-state index in [1.165, 1.54) is 0 Å². The van der Waals surface area contributed by atoms with Crippen molar-refractivity contribution in [3.63, 3.8) is 0 Å². The maximum absolute atomic E-state index is 11.8. The maximum atomic E-state index is 11.8. The van der Waals surface area contributed by atoms with Gasteiger partial charge in [-0.15, -0.1) is 0 Å². The Labute approximate surface area is 116 Å². The van der Waals surface area contributed by atoms with Gasteiger partial charge in [0.05, 0.1) is 6.61 Å². The number of hydrogen-bond acceptors (Lipinski definition) is 5. The van der Waals surface area contributed by atoms with Crippen LogP contribution in [0.25, 0.3) is 0 Å². The second-order valence-corrected chi connectivity index (χ2v) is 5.18. The molecule has 1 heterocycles. The fraction of sp³-hybridized carbons (Fsp3) is 0.929. The van der Waals surface area contributed by atoms with Crippen molar-refractivity contribution in [3.05, 3.63) is 0 Å². The van der Waals surface area contributed by atoms with Gasteiger partial charge < -0.3 is 19.5 Å². The van der Waals surface area contributed by atoms with Crippen LogP contribution in [-0.2, 0) is 19.0 Å². The van der Waals surface area contributed by atoms with Crippen LogP contribution in [0, 0.1) is 5.92 Å². The molecule has 5 heteroatoms. The number of rotatable bonds is 8. The van der Waals surface area contributed by atoms with Crippen molar-refractivity contribution in [1.82, 2.24) is 5.32 Å². The molecule has 1 atom stereocenters. The molecular weight excluding hydrogens is 246 g/mol. The van der Waals surface area contributed by atoms with Crippen LogP contribution in [-0.4, -0.2) is 51.6 Å². The average Bonchev–Trinajstić information content (AvgIpc) is 2.44. The molecule has 0 aromatic carbocycles. The smallest absolute Gasteiger partial charge is 0.326 e. The third-order valence-corrected chi connectivity index (χ3v) is 3.72. The fourth-order valence-electron chi connectivity index (χ4n) is 2.06. The number of esters is 1. The molecule has 0 spiro atoms. The van der Waals surface area contributed by atoms with Gasteiger partial charge in [-0.1, -0.05) is 0 Å². The van der Waals surface area contributed by atoms with Crippen LogP contribution >= 0.6 is 0 Å².